The van der Waals surface area contributed by atoms with E-state index < -0.39 is 5.82 Å². The predicted molar refractivity (Wildman–Crippen MR) is 76.7 cm³/mol. The Morgan fingerprint density at radius 3 is 2.58 bits per heavy atom. The van der Waals surface area contributed by atoms with Crippen molar-refractivity contribution in [3.05, 3.63) is 57.8 Å². The molecule has 0 amide bonds. The van der Waals surface area contributed by atoms with Crippen LogP contribution in [0.4, 0.5) is 10.1 Å². The molecule has 0 spiro atoms. The molecule has 2 rings (SSSR count). The second kappa shape index (κ2) is 6.13. The summed E-state index contributed by atoms with van der Waals surface area (Å²) in [4.78, 5) is 0. The molecule has 1 N–H and O–H groups in total. The van der Waals surface area contributed by atoms with Crippen LogP contribution in [0, 0.1) is 5.82 Å². The molecule has 5 heteroatoms. The maximum atomic E-state index is 13.5. The predicted octanol–water partition coefficient (Wildman–Crippen LogP) is 4.75. The van der Waals surface area contributed by atoms with Crippen molar-refractivity contribution in [2.45, 2.75) is 6.54 Å². The number of halogens is 3. The van der Waals surface area contributed by atoms with Gasteiger partial charge in [0, 0.05) is 28.3 Å². The van der Waals surface area contributed by atoms with Crippen molar-refractivity contribution in [3.8, 4) is 5.75 Å². The minimum Gasteiger partial charge on any atom is -0.494 e. The summed E-state index contributed by atoms with van der Waals surface area (Å²) >= 11 is 11.9. The fourth-order valence-corrected chi connectivity index (χ4v) is 2.11. The van der Waals surface area contributed by atoms with Gasteiger partial charge in [-0.25, -0.2) is 4.39 Å². The number of hydrogen-bond donors (Lipinski definition) is 1. The summed E-state index contributed by atoms with van der Waals surface area (Å²) in [6.07, 6.45) is 0. The summed E-state index contributed by atoms with van der Waals surface area (Å²) in [6, 6.07) is 9.96. The largest absolute Gasteiger partial charge is 0.494 e. The zero-order valence-electron chi connectivity index (χ0n) is 10.2. The van der Waals surface area contributed by atoms with Crippen LogP contribution in [0.3, 0.4) is 0 Å². The molecule has 100 valence electrons. The van der Waals surface area contributed by atoms with Crippen LogP contribution in [-0.2, 0) is 6.54 Å². The van der Waals surface area contributed by atoms with E-state index in [2.05, 4.69) is 5.32 Å². The third-order valence-corrected chi connectivity index (χ3v) is 3.24. The number of rotatable bonds is 4. The van der Waals surface area contributed by atoms with E-state index in [1.165, 1.54) is 13.2 Å². The van der Waals surface area contributed by atoms with Crippen molar-refractivity contribution in [1.29, 1.82) is 0 Å². The number of ether oxygens (including phenoxy) is 1. The maximum absolute atomic E-state index is 13.5. The van der Waals surface area contributed by atoms with E-state index in [9.17, 15) is 4.39 Å². The molecule has 2 aromatic carbocycles. The van der Waals surface area contributed by atoms with Crippen LogP contribution in [0.5, 0.6) is 5.75 Å². The van der Waals surface area contributed by atoms with Crippen molar-refractivity contribution in [1.82, 2.24) is 0 Å². The molecule has 0 bridgehead atoms. The molecule has 0 heterocycles. The molecular weight excluding hydrogens is 288 g/mol. The summed E-state index contributed by atoms with van der Waals surface area (Å²) in [5.74, 6) is -0.190. The number of hydrogen-bond acceptors (Lipinski definition) is 2. The van der Waals surface area contributed by atoms with E-state index >= 15 is 0 Å². The summed E-state index contributed by atoms with van der Waals surface area (Å²) in [6.45, 7) is 0.488. The molecule has 0 fully saturated rings. The van der Waals surface area contributed by atoms with Gasteiger partial charge < -0.3 is 10.1 Å². The van der Waals surface area contributed by atoms with E-state index in [1.807, 2.05) is 6.07 Å². The minimum atomic E-state index is -0.408. The van der Waals surface area contributed by atoms with E-state index in [-0.39, 0.29) is 5.75 Å². The van der Waals surface area contributed by atoms with Crippen molar-refractivity contribution >= 4 is 28.9 Å². The van der Waals surface area contributed by atoms with Gasteiger partial charge in [-0.3, -0.25) is 0 Å². The van der Waals surface area contributed by atoms with Gasteiger partial charge in [-0.05, 0) is 29.8 Å². The molecule has 2 aromatic rings. The van der Waals surface area contributed by atoms with Gasteiger partial charge >= 0.3 is 0 Å². The fourth-order valence-electron chi connectivity index (χ4n) is 1.64. The number of nitrogens with one attached hydrogen (secondary N) is 1. The van der Waals surface area contributed by atoms with Gasteiger partial charge in [-0.15, -0.1) is 0 Å². The quantitative estimate of drug-likeness (QED) is 0.879. The van der Waals surface area contributed by atoms with Gasteiger partial charge in [-0.1, -0.05) is 29.3 Å². The Kier molecular flexibility index (Phi) is 4.51. The Morgan fingerprint density at radius 2 is 1.95 bits per heavy atom. The SMILES string of the molecule is COc1ccc(NCc2ccc(Cl)cc2Cl)cc1F. The first-order valence-corrected chi connectivity index (χ1v) is 6.37. The molecule has 19 heavy (non-hydrogen) atoms. The zero-order chi connectivity index (χ0) is 13.8. The lowest BCUT2D eigenvalue weighted by Gasteiger charge is -2.09. The zero-order valence-corrected chi connectivity index (χ0v) is 11.7. The average Bonchev–Trinajstić information content (AvgIpc) is 2.38. The van der Waals surface area contributed by atoms with Gasteiger partial charge in [-0.2, -0.15) is 0 Å². The van der Waals surface area contributed by atoms with Gasteiger partial charge in [0.15, 0.2) is 11.6 Å². The molecule has 0 aliphatic carbocycles. The van der Waals surface area contributed by atoms with Crippen LogP contribution < -0.4 is 10.1 Å². The molecule has 0 aliphatic rings. The molecular formula is C14H12Cl2FNO. The van der Waals surface area contributed by atoms with Gasteiger partial charge in [0.2, 0.25) is 0 Å². The normalized spacial score (nSPS) is 10.3. The van der Waals surface area contributed by atoms with Crippen LogP contribution in [0.1, 0.15) is 5.56 Å². The third-order valence-electron chi connectivity index (χ3n) is 2.65. The van der Waals surface area contributed by atoms with Crippen LogP contribution in [0.25, 0.3) is 0 Å². The van der Waals surface area contributed by atoms with Crippen molar-refractivity contribution < 1.29 is 9.13 Å². The Bertz CT molecular complexity index is 590. The van der Waals surface area contributed by atoms with Crippen LogP contribution in [0.2, 0.25) is 10.0 Å². The molecule has 0 radical (unpaired) electrons. The van der Waals surface area contributed by atoms with Crippen molar-refractivity contribution in [2.24, 2.45) is 0 Å². The molecule has 2 nitrogen and oxygen atoms in total. The minimum absolute atomic E-state index is 0.218. The van der Waals surface area contributed by atoms with Crippen molar-refractivity contribution in [3.63, 3.8) is 0 Å². The molecule has 0 unspecified atom stereocenters. The van der Waals surface area contributed by atoms with Gasteiger partial charge in [0.1, 0.15) is 0 Å². The van der Waals surface area contributed by atoms with Gasteiger partial charge in [0.25, 0.3) is 0 Å². The summed E-state index contributed by atoms with van der Waals surface area (Å²) < 4.78 is 18.4. The molecule has 0 aromatic heterocycles. The Balaban J connectivity index is 2.08. The lowest BCUT2D eigenvalue weighted by atomic mass is 10.2. The van der Waals surface area contributed by atoms with Crippen LogP contribution in [0.15, 0.2) is 36.4 Å². The third kappa shape index (κ3) is 3.52. The van der Waals surface area contributed by atoms with Crippen molar-refractivity contribution in [2.75, 3.05) is 12.4 Å². The average molecular weight is 300 g/mol. The first-order valence-electron chi connectivity index (χ1n) is 5.61. The summed E-state index contributed by atoms with van der Waals surface area (Å²) in [5, 5.41) is 4.26. The smallest absolute Gasteiger partial charge is 0.167 e. The molecule has 0 saturated carbocycles. The van der Waals surface area contributed by atoms with Gasteiger partial charge in [0.05, 0.1) is 7.11 Å². The highest BCUT2D eigenvalue weighted by Crippen LogP contribution is 2.24. The standard InChI is InChI=1S/C14H12Cl2FNO/c1-19-14-5-4-11(7-13(14)17)18-8-9-2-3-10(15)6-12(9)16/h2-7,18H,8H2,1H3. The number of benzene rings is 2. The second-order valence-corrected chi connectivity index (χ2v) is 4.78. The Labute approximate surface area is 121 Å². The molecule has 0 saturated heterocycles. The van der Waals surface area contributed by atoms with Crippen LogP contribution in [-0.4, -0.2) is 7.11 Å². The highest BCUT2D eigenvalue weighted by molar-refractivity contribution is 6.35. The maximum Gasteiger partial charge on any atom is 0.167 e. The Hall–Kier alpha value is -1.45. The monoisotopic (exact) mass is 299 g/mol. The van der Waals surface area contributed by atoms with E-state index in [1.54, 1.807) is 24.3 Å². The lowest BCUT2D eigenvalue weighted by Crippen LogP contribution is -2.01. The van der Waals surface area contributed by atoms with E-state index in [0.717, 1.165) is 5.56 Å². The molecule has 0 atom stereocenters. The first kappa shape index (κ1) is 14.0. The summed E-state index contributed by atoms with van der Waals surface area (Å²) in [5.41, 5.74) is 1.55. The number of methoxy groups -OCH3 is 1. The van der Waals surface area contributed by atoms with Crippen LogP contribution >= 0.6 is 23.2 Å². The highest BCUT2D eigenvalue weighted by Gasteiger charge is 2.05. The summed E-state index contributed by atoms with van der Waals surface area (Å²) in [7, 11) is 1.43. The van der Waals surface area contributed by atoms with E-state index in [0.29, 0.717) is 22.3 Å². The second-order valence-electron chi connectivity index (χ2n) is 3.94. The van der Waals surface area contributed by atoms with E-state index in [4.69, 9.17) is 27.9 Å². The fraction of sp³-hybridized carbons (Fsp3) is 0.143. The first-order chi connectivity index (χ1) is 9.10. The highest BCUT2D eigenvalue weighted by atomic mass is 35.5. The topological polar surface area (TPSA) is 21.3 Å². The number of anilines is 1. The molecule has 0 aliphatic heterocycles. The lowest BCUT2D eigenvalue weighted by molar-refractivity contribution is 0.386. The Morgan fingerprint density at radius 1 is 1.16 bits per heavy atom.